The fraction of sp³-hybridized carbons (Fsp3) is 0.692. The van der Waals surface area contributed by atoms with Crippen LogP contribution in [0.5, 0.6) is 0 Å². The average Bonchev–Trinajstić information content (AvgIpc) is 2.75. The van der Waals surface area contributed by atoms with E-state index in [0.29, 0.717) is 12.3 Å². The molecule has 0 saturated carbocycles. The van der Waals surface area contributed by atoms with Crippen molar-refractivity contribution in [2.24, 2.45) is 5.41 Å². The van der Waals surface area contributed by atoms with E-state index in [1.807, 2.05) is 27.7 Å². The summed E-state index contributed by atoms with van der Waals surface area (Å²) in [5.74, 6) is 0.609. The molecule has 0 radical (unpaired) electrons. The van der Waals surface area contributed by atoms with Gasteiger partial charge in [0, 0.05) is 13.1 Å². The molecule has 0 bridgehead atoms. The Morgan fingerprint density at radius 2 is 1.95 bits per heavy atom. The maximum absolute atomic E-state index is 12.4. The maximum Gasteiger partial charge on any atom is 0.276 e. The highest BCUT2D eigenvalue weighted by atomic mass is 32.2. The van der Waals surface area contributed by atoms with Crippen LogP contribution in [0.2, 0.25) is 0 Å². The topological polar surface area (TPSA) is 62.6 Å². The van der Waals surface area contributed by atoms with Crippen LogP contribution in [-0.4, -0.2) is 32.9 Å². The predicted molar refractivity (Wildman–Crippen MR) is 75.3 cm³/mol. The molecule has 0 saturated heterocycles. The minimum absolute atomic E-state index is 0.00338. The molecule has 110 valence electrons. The molecule has 0 aliphatic heterocycles. The van der Waals surface area contributed by atoms with Gasteiger partial charge in [-0.1, -0.05) is 20.8 Å². The zero-order chi connectivity index (χ0) is 14.8. The molecular weight excluding hydrogens is 264 g/mol. The first-order valence-corrected chi connectivity index (χ1v) is 7.76. The quantitative estimate of drug-likeness (QED) is 0.901. The van der Waals surface area contributed by atoms with Crippen molar-refractivity contribution >= 4 is 10.0 Å². The van der Waals surface area contributed by atoms with Crippen molar-refractivity contribution in [2.45, 2.75) is 45.4 Å². The highest BCUT2D eigenvalue weighted by molar-refractivity contribution is 7.89. The van der Waals surface area contributed by atoms with Gasteiger partial charge in [-0.25, -0.2) is 8.42 Å². The first-order chi connectivity index (χ1) is 8.60. The van der Waals surface area contributed by atoms with Gasteiger partial charge in [-0.3, -0.25) is 0 Å². The maximum atomic E-state index is 12.4. The Hall–Kier alpha value is -0.850. The Bertz CT molecular complexity index is 514. The zero-order valence-corrected chi connectivity index (χ0v) is 13.3. The van der Waals surface area contributed by atoms with Crippen LogP contribution in [0.1, 0.15) is 33.5 Å². The second-order valence-corrected chi connectivity index (χ2v) is 7.74. The van der Waals surface area contributed by atoms with Crippen LogP contribution in [0.25, 0.3) is 0 Å². The van der Waals surface area contributed by atoms with Crippen LogP contribution in [0.4, 0.5) is 0 Å². The molecule has 0 aliphatic rings. The van der Waals surface area contributed by atoms with Crippen molar-refractivity contribution in [3.63, 3.8) is 0 Å². The molecule has 1 N–H and O–H groups in total. The minimum Gasteiger partial charge on any atom is -0.447 e. The third-order valence-electron chi connectivity index (χ3n) is 3.42. The van der Waals surface area contributed by atoms with E-state index in [2.05, 4.69) is 5.32 Å². The largest absolute Gasteiger partial charge is 0.447 e. The standard InChI is InChI=1S/C13H24N2O3S/c1-10(13(2,3)4)15(6)19(16,17)12-8-7-11(18-12)9-14-5/h7-8,10,14H,9H2,1-6H3. The smallest absolute Gasteiger partial charge is 0.276 e. The molecule has 19 heavy (non-hydrogen) atoms. The molecular formula is C13H24N2O3S. The summed E-state index contributed by atoms with van der Waals surface area (Å²) >= 11 is 0. The third-order valence-corrected chi connectivity index (χ3v) is 5.22. The average molecular weight is 288 g/mol. The van der Waals surface area contributed by atoms with Gasteiger partial charge < -0.3 is 9.73 Å². The molecule has 0 amide bonds. The van der Waals surface area contributed by atoms with E-state index in [0.717, 1.165) is 0 Å². The van der Waals surface area contributed by atoms with Crippen LogP contribution in [-0.2, 0) is 16.6 Å². The van der Waals surface area contributed by atoms with Gasteiger partial charge in [0.05, 0.1) is 6.54 Å². The normalized spacial score (nSPS) is 14.9. The van der Waals surface area contributed by atoms with Crippen LogP contribution >= 0.6 is 0 Å². The summed E-state index contributed by atoms with van der Waals surface area (Å²) < 4.78 is 31.6. The van der Waals surface area contributed by atoms with Crippen LogP contribution in [0, 0.1) is 5.41 Å². The summed E-state index contributed by atoms with van der Waals surface area (Å²) in [7, 11) is -0.209. The lowest BCUT2D eigenvalue weighted by Crippen LogP contribution is -2.42. The fourth-order valence-corrected chi connectivity index (χ4v) is 3.13. The molecule has 1 aromatic rings. The second kappa shape index (κ2) is 5.64. The Morgan fingerprint density at radius 1 is 1.37 bits per heavy atom. The second-order valence-electron chi connectivity index (χ2n) is 5.81. The van der Waals surface area contributed by atoms with Crippen molar-refractivity contribution in [2.75, 3.05) is 14.1 Å². The lowest BCUT2D eigenvalue weighted by molar-refractivity contribution is 0.213. The van der Waals surface area contributed by atoms with E-state index < -0.39 is 10.0 Å². The molecule has 5 nitrogen and oxygen atoms in total. The number of sulfonamides is 1. The highest BCUT2D eigenvalue weighted by Gasteiger charge is 2.34. The number of hydrogen-bond donors (Lipinski definition) is 1. The van der Waals surface area contributed by atoms with Gasteiger partial charge in [-0.2, -0.15) is 4.31 Å². The SMILES string of the molecule is CNCc1ccc(S(=O)(=O)N(C)C(C)C(C)(C)C)o1. The molecule has 1 unspecified atom stereocenters. The van der Waals surface area contributed by atoms with Crippen molar-refractivity contribution in [1.29, 1.82) is 0 Å². The van der Waals surface area contributed by atoms with E-state index in [1.54, 1.807) is 20.2 Å². The van der Waals surface area contributed by atoms with E-state index in [4.69, 9.17) is 4.42 Å². The van der Waals surface area contributed by atoms with E-state index in [1.165, 1.54) is 10.4 Å². The highest BCUT2D eigenvalue weighted by Crippen LogP contribution is 2.28. The van der Waals surface area contributed by atoms with Crippen molar-refractivity contribution in [3.8, 4) is 0 Å². The Kier molecular flexibility index (Phi) is 4.81. The predicted octanol–water partition coefficient (Wildman–Crippen LogP) is 2.05. The number of furan rings is 1. The van der Waals surface area contributed by atoms with Crippen LogP contribution in [0.3, 0.4) is 0 Å². The fourth-order valence-electron chi connectivity index (χ4n) is 1.66. The van der Waals surface area contributed by atoms with Crippen molar-refractivity contribution in [1.82, 2.24) is 9.62 Å². The van der Waals surface area contributed by atoms with Gasteiger partial charge >= 0.3 is 0 Å². The minimum atomic E-state index is -3.58. The summed E-state index contributed by atoms with van der Waals surface area (Å²) in [6, 6.07) is 3.06. The van der Waals surface area contributed by atoms with Gasteiger partial charge in [0.2, 0.25) is 5.09 Å². The Labute approximate surface area is 116 Å². The first kappa shape index (κ1) is 16.2. The molecule has 0 spiro atoms. The van der Waals surface area contributed by atoms with Gasteiger partial charge in [0.25, 0.3) is 10.0 Å². The zero-order valence-electron chi connectivity index (χ0n) is 12.5. The van der Waals surface area contributed by atoms with Gasteiger partial charge in [-0.05, 0) is 31.5 Å². The molecule has 1 rings (SSSR count). The van der Waals surface area contributed by atoms with E-state index in [9.17, 15) is 8.42 Å². The molecule has 1 aromatic heterocycles. The van der Waals surface area contributed by atoms with Gasteiger partial charge in [0.1, 0.15) is 5.76 Å². The van der Waals surface area contributed by atoms with Crippen molar-refractivity contribution < 1.29 is 12.8 Å². The molecule has 0 fully saturated rings. The van der Waals surface area contributed by atoms with Crippen LogP contribution in [0.15, 0.2) is 21.6 Å². The third kappa shape index (κ3) is 3.58. The summed E-state index contributed by atoms with van der Waals surface area (Å²) in [6.07, 6.45) is 0. The van der Waals surface area contributed by atoms with Crippen molar-refractivity contribution in [3.05, 3.63) is 17.9 Å². The lowest BCUT2D eigenvalue weighted by atomic mass is 9.88. The number of nitrogens with one attached hydrogen (secondary N) is 1. The Balaban J connectivity index is 3.02. The molecule has 1 atom stereocenters. The van der Waals surface area contributed by atoms with E-state index in [-0.39, 0.29) is 16.5 Å². The van der Waals surface area contributed by atoms with E-state index >= 15 is 0 Å². The van der Waals surface area contributed by atoms with Gasteiger partial charge in [-0.15, -0.1) is 0 Å². The molecule has 0 aromatic carbocycles. The summed E-state index contributed by atoms with van der Waals surface area (Å²) in [4.78, 5) is 0. The summed E-state index contributed by atoms with van der Waals surface area (Å²) in [5.41, 5.74) is -0.137. The number of nitrogens with zero attached hydrogens (tertiary/aromatic N) is 1. The molecule has 0 aliphatic carbocycles. The number of rotatable bonds is 5. The monoisotopic (exact) mass is 288 g/mol. The number of hydrogen-bond acceptors (Lipinski definition) is 4. The van der Waals surface area contributed by atoms with Gasteiger partial charge in [0.15, 0.2) is 0 Å². The lowest BCUT2D eigenvalue weighted by Gasteiger charge is -2.33. The molecule has 1 heterocycles. The summed E-state index contributed by atoms with van der Waals surface area (Å²) in [6.45, 7) is 8.44. The van der Waals surface area contributed by atoms with Crippen LogP contribution < -0.4 is 5.32 Å². The molecule has 6 heteroatoms. The Morgan fingerprint density at radius 3 is 2.42 bits per heavy atom. The first-order valence-electron chi connectivity index (χ1n) is 6.32. The summed E-state index contributed by atoms with van der Waals surface area (Å²) in [5, 5.41) is 2.92.